The predicted molar refractivity (Wildman–Crippen MR) is 128 cm³/mol. The molecule has 3 radical (unpaired) electrons. The molecular formula is C25H17N5Sb. The van der Waals surface area contributed by atoms with Gasteiger partial charge >= 0.3 is 0 Å². The molecule has 6 heteroatoms. The number of hydrogen-bond acceptors (Lipinski definition) is 3. The second-order valence-corrected chi connectivity index (χ2v) is 7.30. The first-order valence-corrected chi connectivity index (χ1v) is 9.78. The zero-order valence-electron chi connectivity index (χ0n) is 16.4. The Balaban J connectivity index is 0.00000204. The summed E-state index contributed by atoms with van der Waals surface area (Å²) < 4.78 is 0. The maximum absolute atomic E-state index is 4.75. The summed E-state index contributed by atoms with van der Waals surface area (Å²) in [5.74, 6) is 0. The average Bonchev–Trinajstić information content (AvgIpc) is 3.53. The molecule has 0 aliphatic carbocycles. The van der Waals surface area contributed by atoms with E-state index in [0.717, 1.165) is 56.1 Å². The van der Waals surface area contributed by atoms with Crippen LogP contribution in [0.5, 0.6) is 0 Å². The van der Waals surface area contributed by atoms with Gasteiger partial charge in [0.15, 0.2) is 0 Å². The molecule has 2 aliphatic rings. The third kappa shape index (κ3) is 3.97. The minimum atomic E-state index is 0. The number of nitrogens with one attached hydrogen (secondary N) is 2. The van der Waals surface area contributed by atoms with Crippen molar-refractivity contribution in [1.82, 2.24) is 24.9 Å². The summed E-state index contributed by atoms with van der Waals surface area (Å²) in [5.41, 5.74) is 9.53. The molecule has 6 rings (SSSR count). The molecule has 0 aromatic carbocycles. The number of aromatic amines is 2. The number of fused-ring (bicyclic) bond motifs is 8. The van der Waals surface area contributed by atoms with Crippen molar-refractivity contribution < 1.29 is 0 Å². The molecule has 5 nitrogen and oxygen atoms in total. The van der Waals surface area contributed by atoms with E-state index in [1.807, 2.05) is 79.0 Å². The topological polar surface area (TPSA) is 70.2 Å². The van der Waals surface area contributed by atoms with Crippen molar-refractivity contribution >= 4 is 70.8 Å². The fourth-order valence-electron chi connectivity index (χ4n) is 3.75. The van der Waals surface area contributed by atoms with Gasteiger partial charge in [-0.15, -0.1) is 0 Å². The Morgan fingerprint density at radius 2 is 1.19 bits per heavy atom. The van der Waals surface area contributed by atoms with Crippen molar-refractivity contribution in [3.8, 4) is 11.3 Å². The van der Waals surface area contributed by atoms with Gasteiger partial charge in [-0.05, 0) is 78.9 Å². The van der Waals surface area contributed by atoms with E-state index in [4.69, 9.17) is 9.97 Å². The van der Waals surface area contributed by atoms with Gasteiger partial charge in [-0.3, -0.25) is 4.98 Å². The molecule has 4 aromatic heterocycles. The largest absolute Gasteiger partial charge is 0.355 e. The molecule has 0 saturated carbocycles. The van der Waals surface area contributed by atoms with Gasteiger partial charge in [-0.2, -0.15) is 0 Å². The summed E-state index contributed by atoms with van der Waals surface area (Å²) in [7, 11) is 0. The minimum Gasteiger partial charge on any atom is -0.355 e. The fraction of sp³-hybridized carbons (Fsp3) is 0. The summed E-state index contributed by atoms with van der Waals surface area (Å²) >= 11 is 0. The molecule has 147 valence electrons. The van der Waals surface area contributed by atoms with Gasteiger partial charge < -0.3 is 9.97 Å². The summed E-state index contributed by atoms with van der Waals surface area (Å²) in [6.45, 7) is 0. The Morgan fingerprint density at radius 1 is 0.581 bits per heavy atom. The van der Waals surface area contributed by atoms with Crippen molar-refractivity contribution in [1.29, 1.82) is 0 Å². The quantitative estimate of drug-likeness (QED) is 0.294. The van der Waals surface area contributed by atoms with Gasteiger partial charge in [0.25, 0.3) is 0 Å². The van der Waals surface area contributed by atoms with Crippen LogP contribution in [0, 0.1) is 0 Å². The molecule has 0 spiro atoms. The van der Waals surface area contributed by atoms with Crippen LogP contribution in [-0.2, 0) is 0 Å². The van der Waals surface area contributed by atoms with E-state index in [2.05, 4.69) is 27.1 Å². The Labute approximate surface area is 196 Å². The summed E-state index contributed by atoms with van der Waals surface area (Å²) in [4.78, 5) is 20.9. The van der Waals surface area contributed by atoms with Crippen LogP contribution < -0.4 is 0 Å². The number of rotatable bonds is 1. The fourth-order valence-corrected chi connectivity index (χ4v) is 3.75. The van der Waals surface area contributed by atoms with E-state index in [1.54, 1.807) is 0 Å². The normalized spacial score (nSPS) is 12.0. The molecule has 0 amide bonds. The van der Waals surface area contributed by atoms with E-state index in [0.29, 0.717) is 0 Å². The summed E-state index contributed by atoms with van der Waals surface area (Å²) in [5, 5.41) is 0. The van der Waals surface area contributed by atoms with Crippen LogP contribution in [-0.4, -0.2) is 49.3 Å². The molecule has 31 heavy (non-hydrogen) atoms. The van der Waals surface area contributed by atoms with E-state index in [-0.39, 0.29) is 24.4 Å². The number of aromatic nitrogens is 5. The van der Waals surface area contributed by atoms with Gasteiger partial charge in [0, 0.05) is 52.7 Å². The van der Waals surface area contributed by atoms with E-state index < -0.39 is 0 Å². The first kappa shape index (κ1) is 19.5. The van der Waals surface area contributed by atoms with E-state index in [1.165, 1.54) is 0 Å². The standard InChI is InChI=1S/C25H17N5.Sb/c1-2-10-26-24(3-1)23-14-22-13-20-7-6-18(28-20)11-16-4-5-17(27-16)12-19-8-9-21(29-19)15-25(23)30-22;/h1-15,27,30H;. The average molecular weight is 509 g/mol. The first-order chi connectivity index (χ1) is 14.8. The molecule has 4 aromatic rings. The molecule has 8 bridgehead atoms. The predicted octanol–water partition coefficient (Wildman–Crippen LogP) is 5.34. The van der Waals surface area contributed by atoms with Gasteiger partial charge in [-0.25, -0.2) is 9.97 Å². The summed E-state index contributed by atoms with van der Waals surface area (Å²) in [6, 6.07) is 20.3. The number of nitrogens with zero attached hydrogens (tertiary/aromatic N) is 3. The molecule has 0 atom stereocenters. The van der Waals surface area contributed by atoms with Crippen LogP contribution >= 0.6 is 0 Å². The second-order valence-electron chi connectivity index (χ2n) is 7.30. The Morgan fingerprint density at radius 3 is 1.81 bits per heavy atom. The van der Waals surface area contributed by atoms with Crippen molar-refractivity contribution in [3.05, 3.63) is 89.6 Å². The van der Waals surface area contributed by atoms with Crippen LogP contribution in [0.3, 0.4) is 0 Å². The maximum Gasteiger partial charge on any atom is 0.0723 e. The second kappa shape index (κ2) is 8.01. The van der Waals surface area contributed by atoms with Crippen molar-refractivity contribution in [2.75, 3.05) is 0 Å². The van der Waals surface area contributed by atoms with Crippen LogP contribution in [0.1, 0.15) is 22.8 Å². The first-order valence-electron chi connectivity index (χ1n) is 9.78. The summed E-state index contributed by atoms with van der Waals surface area (Å²) in [6.07, 6.45) is 9.90. The van der Waals surface area contributed by atoms with Crippen LogP contribution in [0.2, 0.25) is 0 Å². The van der Waals surface area contributed by atoms with Crippen molar-refractivity contribution in [2.24, 2.45) is 0 Å². The van der Waals surface area contributed by atoms with Gasteiger partial charge in [-0.1, -0.05) is 6.07 Å². The van der Waals surface area contributed by atoms with Crippen LogP contribution in [0.15, 0.2) is 66.9 Å². The van der Waals surface area contributed by atoms with Crippen molar-refractivity contribution in [2.45, 2.75) is 0 Å². The molecule has 2 N–H and O–H groups in total. The molecule has 0 fully saturated rings. The van der Waals surface area contributed by atoms with Crippen molar-refractivity contribution in [3.63, 3.8) is 0 Å². The Hall–Kier alpha value is -3.43. The zero-order chi connectivity index (χ0) is 19.9. The van der Waals surface area contributed by atoms with Gasteiger partial charge in [0.05, 0.1) is 34.0 Å². The van der Waals surface area contributed by atoms with Crippen LogP contribution in [0.25, 0.3) is 57.6 Å². The smallest absolute Gasteiger partial charge is 0.0723 e. The van der Waals surface area contributed by atoms with Crippen LogP contribution in [0.4, 0.5) is 0 Å². The van der Waals surface area contributed by atoms with Gasteiger partial charge in [0.2, 0.25) is 0 Å². The number of H-pyrrole nitrogens is 2. The molecule has 2 aliphatic heterocycles. The monoisotopic (exact) mass is 508 g/mol. The molecule has 0 unspecified atom stereocenters. The number of hydrogen-bond donors (Lipinski definition) is 2. The zero-order valence-corrected chi connectivity index (χ0v) is 19.0. The third-order valence-electron chi connectivity index (χ3n) is 5.11. The third-order valence-corrected chi connectivity index (χ3v) is 5.11. The SMILES string of the molecule is C1=Cc2cc3cc(-c4ccccn4)c(cc4nc(cc5ccc(cc1n2)[nH]5)C=C4)[nH]3.[Sb]. The van der Waals surface area contributed by atoms with Gasteiger partial charge in [0.1, 0.15) is 0 Å². The van der Waals surface area contributed by atoms with E-state index in [9.17, 15) is 0 Å². The minimum absolute atomic E-state index is 0. The molecular weight excluding hydrogens is 492 g/mol. The Bertz CT molecular complexity index is 1490. The Kier molecular flexibility index (Phi) is 5.04. The number of pyridine rings is 1. The molecule has 0 saturated heterocycles. The molecule has 6 heterocycles. The maximum atomic E-state index is 4.75. The van der Waals surface area contributed by atoms with E-state index >= 15 is 0 Å².